The fraction of sp³-hybridized carbons (Fsp3) is 0.273. The van der Waals surface area contributed by atoms with E-state index in [-0.39, 0.29) is 24.3 Å². The quantitative estimate of drug-likeness (QED) is 0.456. The summed E-state index contributed by atoms with van der Waals surface area (Å²) in [6.45, 7) is 6.15. The first kappa shape index (κ1) is 20.3. The molecule has 1 aromatic heterocycles. The van der Waals surface area contributed by atoms with Crippen LogP contribution in [0.15, 0.2) is 58.4 Å². The molecule has 3 aromatic rings. The minimum Gasteiger partial charge on any atom is -0.372 e. The maximum Gasteiger partial charge on any atom is 0.270 e. The van der Waals surface area contributed by atoms with Crippen LogP contribution in [0.2, 0.25) is 0 Å². The Kier molecular flexibility index (Phi) is 6.73. The van der Waals surface area contributed by atoms with E-state index >= 15 is 0 Å². The molecule has 29 heavy (non-hydrogen) atoms. The molecular formula is C22H25N5O2. The second-order valence-corrected chi connectivity index (χ2v) is 6.59. The van der Waals surface area contributed by atoms with Crippen molar-refractivity contribution in [1.82, 2.24) is 15.4 Å². The predicted octanol–water partition coefficient (Wildman–Crippen LogP) is 2.85. The van der Waals surface area contributed by atoms with Crippen molar-refractivity contribution < 1.29 is 4.79 Å². The highest BCUT2D eigenvalue weighted by Crippen LogP contribution is 2.14. The summed E-state index contributed by atoms with van der Waals surface area (Å²) in [5, 5.41) is 4.00. The van der Waals surface area contributed by atoms with Gasteiger partial charge in [-0.3, -0.25) is 9.59 Å². The van der Waals surface area contributed by atoms with E-state index in [0.29, 0.717) is 16.7 Å². The zero-order valence-corrected chi connectivity index (χ0v) is 16.7. The number of hydrogen-bond acceptors (Lipinski definition) is 5. The van der Waals surface area contributed by atoms with Crippen LogP contribution in [-0.2, 0) is 11.2 Å². The van der Waals surface area contributed by atoms with Crippen LogP contribution >= 0.6 is 0 Å². The number of para-hydroxylation sites is 2. The molecule has 0 aliphatic heterocycles. The zero-order valence-electron chi connectivity index (χ0n) is 16.7. The van der Waals surface area contributed by atoms with Crippen LogP contribution in [0.3, 0.4) is 0 Å². The molecule has 2 N–H and O–H groups in total. The molecule has 0 unspecified atom stereocenters. The lowest BCUT2D eigenvalue weighted by Gasteiger charge is -2.20. The Morgan fingerprint density at radius 1 is 1.14 bits per heavy atom. The van der Waals surface area contributed by atoms with Crippen LogP contribution in [0, 0.1) is 0 Å². The van der Waals surface area contributed by atoms with Gasteiger partial charge in [-0.1, -0.05) is 24.3 Å². The Bertz CT molecular complexity index is 1050. The van der Waals surface area contributed by atoms with E-state index in [0.717, 1.165) is 24.3 Å². The number of benzene rings is 2. The average Bonchev–Trinajstić information content (AvgIpc) is 2.74. The third kappa shape index (κ3) is 5.28. The van der Waals surface area contributed by atoms with Gasteiger partial charge in [0.1, 0.15) is 5.69 Å². The molecule has 0 saturated carbocycles. The number of hydrazone groups is 1. The SMILES string of the molecule is CCN(CC)c1ccc(/C=N/NC(=O)CCc2nc3ccccc3[nH]c2=O)cc1. The highest BCUT2D eigenvalue weighted by molar-refractivity contribution is 5.83. The number of aromatic amines is 1. The molecule has 150 valence electrons. The third-order valence-electron chi connectivity index (χ3n) is 4.68. The van der Waals surface area contributed by atoms with E-state index in [9.17, 15) is 9.59 Å². The van der Waals surface area contributed by atoms with E-state index in [4.69, 9.17) is 0 Å². The van der Waals surface area contributed by atoms with Crippen molar-refractivity contribution in [1.29, 1.82) is 0 Å². The molecule has 2 aromatic carbocycles. The number of nitrogens with zero attached hydrogens (tertiary/aromatic N) is 3. The number of carbonyl (C=O) groups excluding carboxylic acids is 1. The second-order valence-electron chi connectivity index (χ2n) is 6.59. The molecule has 0 aliphatic rings. The van der Waals surface area contributed by atoms with Gasteiger partial charge in [-0.15, -0.1) is 0 Å². The molecule has 0 fully saturated rings. The van der Waals surface area contributed by atoms with Gasteiger partial charge in [0.2, 0.25) is 5.91 Å². The van der Waals surface area contributed by atoms with Gasteiger partial charge in [-0.2, -0.15) is 5.10 Å². The van der Waals surface area contributed by atoms with Crippen molar-refractivity contribution >= 4 is 28.8 Å². The number of amides is 1. The average molecular weight is 391 g/mol. The van der Waals surface area contributed by atoms with Gasteiger partial charge < -0.3 is 9.88 Å². The summed E-state index contributed by atoms with van der Waals surface area (Å²) in [6, 6.07) is 15.3. The van der Waals surface area contributed by atoms with Crippen molar-refractivity contribution in [2.45, 2.75) is 26.7 Å². The third-order valence-corrected chi connectivity index (χ3v) is 4.68. The van der Waals surface area contributed by atoms with Crippen LogP contribution in [0.4, 0.5) is 5.69 Å². The van der Waals surface area contributed by atoms with Crippen molar-refractivity contribution in [2.75, 3.05) is 18.0 Å². The first-order chi connectivity index (χ1) is 14.1. The minimum atomic E-state index is -0.270. The number of aryl methyl sites for hydroxylation is 1. The molecule has 0 spiro atoms. The summed E-state index contributed by atoms with van der Waals surface area (Å²) < 4.78 is 0. The van der Waals surface area contributed by atoms with Crippen LogP contribution in [0.5, 0.6) is 0 Å². The van der Waals surface area contributed by atoms with Crippen molar-refractivity contribution in [2.24, 2.45) is 5.10 Å². The first-order valence-electron chi connectivity index (χ1n) is 9.75. The Labute approximate surface area is 169 Å². The normalized spacial score (nSPS) is 11.1. The Hall–Kier alpha value is -3.48. The molecule has 0 aliphatic carbocycles. The predicted molar refractivity (Wildman–Crippen MR) is 116 cm³/mol. The highest BCUT2D eigenvalue weighted by Gasteiger charge is 2.08. The first-order valence-corrected chi connectivity index (χ1v) is 9.75. The van der Waals surface area contributed by atoms with Gasteiger partial charge in [0.05, 0.1) is 17.2 Å². The maximum absolute atomic E-state index is 12.1. The Morgan fingerprint density at radius 2 is 1.86 bits per heavy atom. The Morgan fingerprint density at radius 3 is 2.59 bits per heavy atom. The molecule has 0 radical (unpaired) electrons. The monoisotopic (exact) mass is 391 g/mol. The van der Waals surface area contributed by atoms with Crippen LogP contribution < -0.4 is 15.9 Å². The number of fused-ring (bicyclic) bond motifs is 1. The lowest BCUT2D eigenvalue weighted by molar-refractivity contribution is -0.121. The topological polar surface area (TPSA) is 90.4 Å². The molecule has 7 nitrogen and oxygen atoms in total. The fourth-order valence-electron chi connectivity index (χ4n) is 3.06. The largest absolute Gasteiger partial charge is 0.372 e. The lowest BCUT2D eigenvalue weighted by atomic mass is 10.2. The molecule has 1 amide bonds. The molecule has 7 heteroatoms. The minimum absolute atomic E-state index is 0.132. The van der Waals surface area contributed by atoms with E-state index in [2.05, 4.69) is 39.2 Å². The van der Waals surface area contributed by atoms with E-state index in [1.54, 1.807) is 12.3 Å². The standard InChI is InChI=1S/C22H25N5O2/c1-3-27(4-2)17-11-9-16(10-12-17)15-23-26-21(28)14-13-20-22(29)25-19-8-6-5-7-18(19)24-20/h5-12,15H,3-4,13-14H2,1-2H3,(H,25,29)(H,26,28)/b23-15+. The Balaban J connectivity index is 1.53. The van der Waals surface area contributed by atoms with Gasteiger partial charge in [-0.25, -0.2) is 10.4 Å². The zero-order chi connectivity index (χ0) is 20.6. The van der Waals surface area contributed by atoms with Gasteiger partial charge in [0.25, 0.3) is 5.56 Å². The summed E-state index contributed by atoms with van der Waals surface area (Å²) in [6.07, 6.45) is 1.98. The fourth-order valence-corrected chi connectivity index (χ4v) is 3.06. The second kappa shape index (κ2) is 9.64. The molecule has 0 bridgehead atoms. The molecule has 1 heterocycles. The number of hydrogen-bond donors (Lipinski definition) is 2. The number of H-pyrrole nitrogens is 1. The van der Waals surface area contributed by atoms with Crippen LogP contribution in [0.1, 0.15) is 31.5 Å². The molecule has 0 atom stereocenters. The lowest BCUT2D eigenvalue weighted by Crippen LogP contribution is -2.22. The number of nitrogens with one attached hydrogen (secondary N) is 2. The maximum atomic E-state index is 12.1. The van der Waals surface area contributed by atoms with Crippen LogP contribution in [-0.4, -0.2) is 35.2 Å². The number of rotatable bonds is 8. The summed E-state index contributed by atoms with van der Waals surface area (Å²) in [5.41, 5.74) is 6.01. The van der Waals surface area contributed by atoms with Crippen molar-refractivity contribution in [3.05, 3.63) is 70.1 Å². The van der Waals surface area contributed by atoms with E-state index in [1.807, 2.05) is 42.5 Å². The van der Waals surface area contributed by atoms with Crippen LogP contribution in [0.25, 0.3) is 11.0 Å². The van der Waals surface area contributed by atoms with Gasteiger partial charge >= 0.3 is 0 Å². The van der Waals surface area contributed by atoms with E-state index < -0.39 is 0 Å². The van der Waals surface area contributed by atoms with Gasteiger partial charge in [0, 0.05) is 31.6 Å². The number of carbonyl (C=O) groups is 1. The number of anilines is 1. The van der Waals surface area contributed by atoms with Crippen molar-refractivity contribution in [3.8, 4) is 0 Å². The number of aromatic nitrogens is 2. The van der Waals surface area contributed by atoms with Crippen molar-refractivity contribution in [3.63, 3.8) is 0 Å². The summed E-state index contributed by atoms with van der Waals surface area (Å²) >= 11 is 0. The summed E-state index contributed by atoms with van der Waals surface area (Å²) in [5.74, 6) is -0.268. The highest BCUT2D eigenvalue weighted by atomic mass is 16.2. The molecular weight excluding hydrogens is 366 g/mol. The van der Waals surface area contributed by atoms with Gasteiger partial charge in [0.15, 0.2) is 0 Å². The molecule has 0 saturated heterocycles. The summed E-state index contributed by atoms with van der Waals surface area (Å²) in [4.78, 5) is 33.5. The smallest absolute Gasteiger partial charge is 0.270 e. The van der Waals surface area contributed by atoms with Gasteiger partial charge in [-0.05, 0) is 43.7 Å². The van der Waals surface area contributed by atoms with E-state index in [1.165, 1.54) is 0 Å². The molecule has 3 rings (SSSR count). The summed E-state index contributed by atoms with van der Waals surface area (Å²) in [7, 11) is 0.